The van der Waals surface area contributed by atoms with Crippen molar-refractivity contribution in [2.24, 2.45) is 0 Å². The van der Waals surface area contributed by atoms with Gasteiger partial charge >= 0.3 is 5.97 Å². The van der Waals surface area contributed by atoms with Crippen LogP contribution >= 0.6 is 23.4 Å². The second-order valence-corrected chi connectivity index (χ2v) is 8.75. The number of esters is 1. The van der Waals surface area contributed by atoms with Gasteiger partial charge in [-0.25, -0.2) is 4.79 Å². The molecule has 2 aromatic carbocycles. The van der Waals surface area contributed by atoms with Crippen LogP contribution < -0.4 is 4.90 Å². The monoisotopic (exact) mass is 485 g/mol. The maximum Gasteiger partial charge on any atom is 0.338 e. The minimum Gasteiger partial charge on any atom is -0.452 e. The summed E-state index contributed by atoms with van der Waals surface area (Å²) in [7, 11) is 0. The van der Waals surface area contributed by atoms with Gasteiger partial charge in [0, 0.05) is 42.6 Å². The van der Waals surface area contributed by atoms with Crippen LogP contribution in [0.4, 0.5) is 5.69 Å². The third kappa shape index (κ3) is 5.31. The van der Waals surface area contributed by atoms with Gasteiger partial charge in [0.25, 0.3) is 5.91 Å². The van der Waals surface area contributed by atoms with Crippen molar-refractivity contribution in [3.05, 3.63) is 64.9 Å². The zero-order valence-corrected chi connectivity index (χ0v) is 20.0. The predicted octanol–water partition coefficient (Wildman–Crippen LogP) is 3.46. The van der Waals surface area contributed by atoms with E-state index in [2.05, 4.69) is 15.1 Å². The summed E-state index contributed by atoms with van der Waals surface area (Å²) >= 11 is 7.56. The number of piperazine rings is 1. The second-order valence-electron chi connectivity index (χ2n) is 7.54. The number of hydrogen-bond acceptors (Lipinski definition) is 7. The van der Waals surface area contributed by atoms with E-state index in [0.717, 1.165) is 22.4 Å². The van der Waals surface area contributed by atoms with Gasteiger partial charge in [-0.3, -0.25) is 9.36 Å². The largest absolute Gasteiger partial charge is 0.452 e. The molecule has 0 atom stereocenters. The van der Waals surface area contributed by atoms with Crippen molar-refractivity contribution in [2.45, 2.75) is 12.1 Å². The Balaban J connectivity index is 1.29. The Labute approximate surface area is 201 Å². The van der Waals surface area contributed by atoms with Gasteiger partial charge in [-0.15, -0.1) is 10.2 Å². The fourth-order valence-electron chi connectivity index (χ4n) is 3.71. The van der Waals surface area contributed by atoms with Gasteiger partial charge in [-0.2, -0.15) is 0 Å². The number of benzene rings is 2. The SMILES string of the molecule is CSc1nnc(C)n1-c1ccc(C(=O)OCC(=O)N2CCN(c3cccc(Cl)c3)CC2)cc1. The molecule has 0 radical (unpaired) electrons. The first kappa shape index (κ1) is 23.1. The van der Waals surface area contributed by atoms with E-state index in [1.165, 1.54) is 11.8 Å². The van der Waals surface area contributed by atoms with Crippen LogP contribution in [-0.2, 0) is 9.53 Å². The van der Waals surface area contributed by atoms with Crippen LogP contribution in [0, 0.1) is 6.92 Å². The number of carbonyl (C=O) groups is 2. The molecule has 1 amide bonds. The molecule has 0 spiro atoms. The summed E-state index contributed by atoms with van der Waals surface area (Å²) in [5.41, 5.74) is 2.27. The van der Waals surface area contributed by atoms with Gasteiger partial charge in [-0.05, 0) is 55.6 Å². The van der Waals surface area contributed by atoms with E-state index >= 15 is 0 Å². The standard InChI is InChI=1S/C23H24ClN5O3S/c1-16-25-26-23(33-2)29(16)19-8-6-17(7-9-19)22(31)32-15-21(30)28-12-10-27(11-13-28)20-5-3-4-18(24)14-20/h3-9,14H,10-13,15H2,1-2H3. The Bertz CT molecular complexity index is 1140. The third-order valence-electron chi connectivity index (χ3n) is 5.47. The third-order valence-corrected chi connectivity index (χ3v) is 6.34. The number of thioether (sulfide) groups is 1. The van der Waals surface area contributed by atoms with Gasteiger partial charge in [0.05, 0.1) is 5.56 Å². The summed E-state index contributed by atoms with van der Waals surface area (Å²) in [6.45, 7) is 4.11. The summed E-state index contributed by atoms with van der Waals surface area (Å²) in [5, 5.41) is 9.66. The average molecular weight is 486 g/mol. The lowest BCUT2D eigenvalue weighted by molar-refractivity contribution is -0.134. The van der Waals surface area contributed by atoms with E-state index < -0.39 is 5.97 Å². The van der Waals surface area contributed by atoms with Crippen molar-refractivity contribution in [3.8, 4) is 5.69 Å². The molecule has 0 saturated carbocycles. The second kappa shape index (κ2) is 10.3. The van der Waals surface area contributed by atoms with Crippen molar-refractivity contribution in [1.29, 1.82) is 0 Å². The van der Waals surface area contributed by atoms with Gasteiger partial charge in [0.15, 0.2) is 11.8 Å². The molecule has 0 N–H and O–H groups in total. The van der Waals surface area contributed by atoms with Crippen LogP contribution in [0.3, 0.4) is 0 Å². The molecule has 2 heterocycles. The van der Waals surface area contributed by atoms with Gasteiger partial charge in [-0.1, -0.05) is 29.4 Å². The highest BCUT2D eigenvalue weighted by Crippen LogP contribution is 2.22. The van der Waals surface area contributed by atoms with Crippen LogP contribution in [0.5, 0.6) is 0 Å². The molecule has 33 heavy (non-hydrogen) atoms. The Morgan fingerprint density at radius 3 is 2.42 bits per heavy atom. The number of anilines is 1. The molecule has 3 aromatic rings. The Morgan fingerprint density at radius 1 is 1.03 bits per heavy atom. The molecule has 10 heteroatoms. The number of hydrogen-bond donors (Lipinski definition) is 0. The van der Waals surface area contributed by atoms with Crippen molar-refractivity contribution in [1.82, 2.24) is 19.7 Å². The molecular formula is C23H24ClN5O3S. The normalized spacial score (nSPS) is 13.8. The van der Waals surface area contributed by atoms with Crippen LogP contribution in [0.15, 0.2) is 53.7 Å². The topological polar surface area (TPSA) is 80.6 Å². The zero-order chi connectivity index (χ0) is 23.4. The lowest BCUT2D eigenvalue weighted by Gasteiger charge is -2.36. The van der Waals surface area contributed by atoms with E-state index in [1.54, 1.807) is 17.0 Å². The summed E-state index contributed by atoms with van der Waals surface area (Å²) in [4.78, 5) is 28.9. The number of nitrogens with zero attached hydrogens (tertiary/aromatic N) is 5. The van der Waals surface area contributed by atoms with Crippen molar-refractivity contribution < 1.29 is 14.3 Å². The lowest BCUT2D eigenvalue weighted by Crippen LogP contribution is -2.49. The highest BCUT2D eigenvalue weighted by atomic mass is 35.5. The number of halogens is 1. The number of rotatable bonds is 6. The average Bonchev–Trinajstić information content (AvgIpc) is 3.23. The van der Waals surface area contributed by atoms with E-state index in [4.69, 9.17) is 16.3 Å². The zero-order valence-electron chi connectivity index (χ0n) is 18.4. The fourth-order valence-corrected chi connectivity index (χ4v) is 4.43. The van der Waals surface area contributed by atoms with Crippen LogP contribution in [0.1, 0.15) is 16.2 Å². The highest BCUT2D eigenvalue weighted by molar-refractivity contribution is 7.98. The van der Waals surface area contributed by atoms with Crippen LogP contribution in [0.2, 0.25) is 5.02 Å². The maximum atomic E-state index is 12.5. The van der Waals surface area contributed by atoms with E-state index in [-0.39, 0.29) is 12.5 Å². The summed E-state index contributed by atoms with van der Waals surface area (Å²) < 4.78 is 7.18. The minimum atomic E-state index is -0.530. The van der Waals surface area contributed by atoms with Gasteiger partial charge in [0.2, 0.25) is 0 Å². The lowest BCUT2D eigenvalue weighted by atomic mass is 10.2. The minimum absolute atomic E-state index is 0.199. The van der Waals surface area contributed by atoms with Crippen molar-refractivity contribution in [3.63, 3.8) is 0 Å². The first-order chi connectivity index (χ1) is 16.0. The van der Waals surface area contributed by atoms with E-state index in [9.17, 15) is 9.59 Å². The van der Waals surface area contributed by atoms with E-state index in [0.29, 0.717) is 36.8 Å². The predicted molar refractivity (Wildman–Crippen MR) is 128 cm³/mol. The molecule has 1 aliphatic rings. The van der Waals surface area contributed by atoms with Crippen molar-refractivity contribution in [2.75, 3.05) is 43.9 Å². The molecule has 1 saturated heterocycles. The Hall–Kier alpha value is -3.04. The Morgan fingerprint density at radius 2 is 1.76 bits per heavy atom. The van der Waals surface area contributed by atoms with Crippen LogP contribution in [-0.4, -0.2) is 70.6 Å². The molecule has 1 aliphatic heterocycles. The number of carbonyl (C=O) groups excluding carboxylic acids is 2. The summed E-state index contributed by atoms with van der Waals surface area (Å²) in [5.74, 6) is 0.0317. The molecule has 172 valence electrons. The number of amides is 1. The first-order valence-electron chi connectivity index (χ1n) is 10.5. The number of ether oxygens (including phenoxy) is 1. The number of aryl methyl sites for hydroxylation is 1. The van der Waals surface area contributed by atoms with Crippen molar-refractivity contribution >= 4 is 40.9 Å². The van der Waals surface area contributed by atoms with E-state index in [1.807, 2.05) is 54.1 Å². The fraction of sp³-hybridized carbons (Fsp3) is 0.304. The molecule has 0 bridgehead atoms. The molecule has 0 unspecified atom stereocenters. The summed E-state index contributed by atoms with van der Waals surface area (Å²) in [6.07, 6.45) is 1.93. The maximum absolute atomic E-state index is 12.5. The smallest absolute Gasteiger partial charge is 0.338 e. The Kier molecular flexibility index (Phi) is 7.20. The molecular weight excluding hydrogens is 462 g/mol. The first-order valence-corrected chi connectivity index (χ1v) is 12.1. The summed E-state index contributed by atoms with van der Waals surface area (Å²) in [6, 6.07) is 14.6. The molecule has 8 nitrogen and oxygen atoms in total. The quantitative estimate of drug-likeness (QED) is 0.390. The highest BCUT2D eigenvalue weighted by Gasteiger charge is 2.22. The van der Waals surface area contributed by atoms with Crippen LogP contribution in [0.25, 0.3) is 5.69 Å². The number of aromatic nitrogens is 3. The molecule has 1 aromatic heterocycles. The van der Waals surface area contributed by atoms with Gasteiger partial charge < -0.3 is 14.5 Å². The molecule has 4 rings (SSSR count). The molecule has 0 aliphatic carbocycles. The molecule has 1 fully saturated rings. The van der Waals surface area contributed by atoms with Gasteiger partial charge in [0.1, 0.15) is 5.82 Å².